The molecule has 0 amide bonds. The van der Waals surface area contributed by atoms with Gasteiger partial charge in [0.2, 0.25) is 0 Å². The molecule has 1 aromatic carbocycles. The summed E-state index contributed by atoms with van der Waals surface area (Å²) in [6.45, 7) is 7.86. The molecule has 0 aliphatic heterocycles. The van der Waals surface area contributed by atoms with Crippen molar-refractivity contribution >= 4 is 11.6 Å². The number of halogens is 1. The Morgan fingerprint density at radius 3 is 2.43 bits per heavy atom. The van der Waals surface area contributed by atoms with Crippen molar-refractivity contribution in [2.24, 2.45) is 0 Å². The van der Waals surface area contributed by atoms with Crippen LogP contribution in [-0.4, -0.2) is 43.7 Å². The number of aliphatic hydroxyl groups excluding tert-OH is 1. The Kier molecular flexibility index (Phi) is 8.88. The maximum atomic E-state index is 9.85. The molecule has 0 bridgehead atoms. The van der Waals surface area contributed by atoms with Crippen LogP contribution in [0.25, 0.3) is 0 Å². The van der Waals surface area contributed by atoms with Crippen molar-refractivity contribution in [3.8, 4) is 0 Å². The molecule has 21 heavy (non-hydrogen) atoms. The Bertz CT molecular complexity index is 384. The van der Waals surface area contributed by atoms with Gasteiger partial charge in [-0.2, -0.15) is 0 Å². The van der Waals surface area contributed by atoms with E-state index in [0.29, 0.717) is 26.4 Å². The fraction of sp³-hybridized carbons (Fsp3) is 0.625. The third-order valence-electron chi connectivity index (χ3n) is 3.02. The predicted octanol–water partition coefficient (Wildman–Crippen LogP) is 2.79. The van der Waals surface area contributed by atoms with Crippen molar-refractivity contribution in [1.29, 1.82) is 0 Å². The minimum atomic E-state index is -0.529. The molecule has 0 aliphatic carbocycles. The zero-order valence-corrected chi connectivity index (χ0v) is 13.8. The van der Waals surface area contributed by atoms with Crippen LogP contribution in [0.15, 0.2) is 24.3 Å². The second-order valence-corrected chi connectivity index (χ2v) is 5.77. The second-order valence-electron chi connectivity index (χ2n) is 5.33. The summed E-state index contributed by atoms with van der Waals surface area (Å²) in [7, 11) is 0. The van der Waals surface area contributed by atoms with Gasteiger partial charge in [-0.05, 0) is 38.5 Å². The van der Waals surface area contributed by atoms with Crippen LogP contribution in [0.3, 0.4) is 0 Å². The van der Waals surface area contributed by atoms with Gasteiger partial charge in [0.25, 0.3) is 0 Å². The third-order valence-corrected chi connectivity index (χ3v) is 3.27. The first-order valence-electron chi connectivity index (χ1n) is 7.35. The molecule has 0 spiro atoms. The van der Waals surface area contributed by atoms with Crippen LogP contribution in [0.2, 0.25) is 5.02 Å². The summed E-state index contributed by atoms with van der Waals surface area (Å²) in [5, 5.41) is 13.8. The fourth-order valence-electron chi connectivity index (χ4n) is 1.80. The first kappa shape index (κ1) is 18.4. The second kappa shape index (κ2) is 10.1. The minimum Gasteiger partial charge on any atom is -0.389 e. The fourth-order valence-corrected chi connectivity index (χ4v) is 1.93. The number of rotatable bonds is 10. The summed E-state index contributed by atoms with van der Waals surface area (Å²) in [4.78, 5) is 0. The van der Waals surface area contributed by atoms with Crippen molar-refractivity contribution in [2.75, 3.05) is 26.4 Å². The Morgan fingerprint density at radius 1 is 1.14 bits per heavy atom. The minimum absolute atomic E-state index is 0.154. The number of ether oxygens (including phenoxy) is 2. The maximum Gasteiger partial charge on any atom is 0.0897 e. The van der Waals surface area contributed by atoms with Crippen LogP contribution in [0.4, 0.5) is 0 Å². The highest BCUT2D eigenvalue weighted by atomic mass is 35.5. The first-order chi connectivity index (χ1) is 9.99. The molecule has 0 saturated heterocycles. The average molecular weight is 316 g/mol. The van der Waals surface area contributed by atoms with Crippen molar-refractivity contribution in [2.45, 2.75) is 39.0 Å². The SMILES string of the molecule is CC(C)OCCOCC(O)CN[C@H](C)c1ccc(Cl)cc1. The van der Waals surface area contributed by atoms with E-state index in [-0.39, 0.29) is 12.1 Å². The summed E-state index contributed by atoms with van der Waals surface area (Å²) in [6.07, 6.45) is -0.320. The van der Waals surface area contributed by atoms with Crippen LogP contribution < -0.4 is 5.32 Å². The van der Waals surface area contributed by atoms with Gasteiger partial charge < -0.3 is 19.9 Å². The van der Waals surface area contributed by atoms with Gasteiger partial charge in [-0.15, -0.1) is 0 Å². The smallest absolute Gasteiger partial charge is 0.0897 e. The topological polar surface area (TPSA) is 50.7 Å². The average Bonchev–Trinajstić information content (AvgIpc) is 2.44. The van der Waals surface area contributed by atoms with E-state index in [4.69, 9.17) is 21.1 Å². The monoisotopic (exact) mass is 315 g/mol. The van der Waals surface area contributed by atoms with Gasteiger partial charge in [0, 0.05) is 17.6 Å². The lowest BCUT2D eigenvalue weighted by molar-refractivity contribution is -0.0104. The van der Waals surface area contributed by atoms with E-state index in [1.54, 1.807) is 0 Å². The molecule has 120 valence electrons. The molecule has 0 aliphatic rings. The largest absolute Gasteiger partial charge is 0.389 e. The molecule has 0 heterocycles. The van der Waals surface area contributed by atoms with Crippen LogP contribution in [0, 0.1) is 0 Å². The Balaban J connectivity index is 2.14. The molecule has 0 radical (unpaired) electrons. The Labute approximate surface area is 132 Å². The van der Waals surface area contributed by atoms with E-state index < -0.39 is 6.10 Å². The Morgan fingerprint density at radius 2 is 1.81 bits per heavy atom. The lowest BCUT2D eigenvalue weighted by Crippen LogP contribution is -2.32. The van der Waals surface area contributed by atoms with Gasteiger partial charge in [-0.1, -0.05) is 23.7 Å². The molecule has 5 heteroatoms. The van der Waals surface area contributed by atoms with E-state index >= 15 is 0 Å². The lowest BCUT2D eigenvalue weighted by Gasteiger charge is -2.18. The summed E-state index contributed by atoms with van der Waals surface area (Å²) in [5.74, 6) is 0. The lowest BCUT2D eigenvalue weighted by atomic mass is 10.1. The molecule has 0 saturated carbocycles. The summed E-state index contributed by atoms with van der Waals surface area (Å²) in [6, 6.07) is 7.84. The van der Waals surface area contributed by atoms with Crippen LogP contribution in [0.5, 0.6) is 0 Å². The molecule has 4 nitrogen and oxygen atoms in total. The van der Waals surface area contributed by atoms with Gasteiger partial charge >= 0.3 is 0 Å². The summed E-state index contributed by atoms with van der Waals surface area (Å²) < 4.78 is 10.7. The Hall–Kier alpha value is -0.650. The van der Waals surface area contributed by atoms with Gasteiger partial charge in [0.1, 0.15) is 0 Å². The molecular formula is C16H26ClNO3. The highest BCUT2D eigenvalue weighted by molar-refractivity contribution is 6.30. The molecule has 0 aromatic heterocycles. The normalized spacial score (nSPS) is 14.4. The summed E-state index contributed by atoms with van der Waals surface area (Å²) >= 11 is 5.86. The number of hydrogen-bond donors (Lipinski definition) is 2. The molecule has 1 rings (SSSR count). The number of benzene rings is 1. The molecule has 1 unspecified atom stereocenters. The van der Waals surface area contributed by atoms with E-state index in [9.17, 15) is 5.11 Å². The predicted molar refractivity (Wildman–Crippen MR) is 85.8 cm³/mol. The summed E-state index contributed by atoms with van der Waals surface area (Å²) in [5.41, 5.74) is 1.14. The van der Waals surface area contributed by atoms with Gasteiger partial charge in [-0.25, -0.2) is 0 Å². The van der Waals surface area contributed by atoms with Crippen LogP contribution in [-0.2, 0) is 9.47 Å². The highest BCUT2D eigenvalue weighted by Gasteiger charge is 2.09. The molecular weight excluding hydrogens is 290 g/mol. The zero-order valence-electron chi connectivity index (χ0n) is 13.0. The van der Waals surface area contributed by atoms with Crippen molar-refractivity contribution in [3.05, 3.63) is 34.9 Å². The molecule has 2 N–H and O–H groups in total. The van der Waals surface area contributed by atoms with Crippen LogP contribution in [0.1, 0.15) is 32.4 Å². The van der Waals surface area contributed by atoms with Gasteiger partial charge in [-0.3, -0.25) is 0 Å². The van der Waals surface area contributed by atoms with Gasteiger partial charge in [0.15, 0.2) is 0 Å². The number of aliphatic hydroxyl groups is 1. The maximum absolute atomic E-state index is 9.85. The number of nitrogens with one attached hydrogen (secondary N) is 1. The van der Waals surface area contributed by atoms with Crippen molar-refractivity contribution in [3.63, 3.8) is 0 Å². The zero-order chi connectivity index (χ0) is 15.7. The van der Waals surface area contributed by atoms with E-state index in [1.165, 1.54) is 0 Å². The van der Waals surface area contributed by atoms with Crippen LogP contribution >= 0.6 is 11.6 Å². The van der Waals surface area contributed by atoms with E-state index in [1.807, 2.05) is 45.0 Å². The first-order valence-corrected chi connectivity index (χ1v) is 7.73. The van der Waals surface area contributed by atoms with E-state index in [2.05, 4.69) is 5.32 Å². The molecule has 0 fully saturated rings. The van der Waals surface area contributed by atoms with E-state index in [0.717, 1.165) is 10.6 Å². The molecule has 2 atom stereocenters. The van der Waals surface area contributed by atoms with Crippen molar-refractivity contribution < 1.29 is 14.6 Å². The highest BCUT2D eigenvalue weighted by Crippen LogP contribution is 2.15. The molecule has 1 aromatic rings. The quantitative estimate of drug-likeness (QED) is 0.652. The third kappa shape index (κ3) is 8.39. The standard InChI is InChI=1S/C16H26ClNO3/c1-12(2)21-9-8-20-11-16(19)10-18-13(3)14-4-6-15(17)7-5-14/h4-7,12-13,16,18-19H,8-11H2,1-3H3/t13-,16?/m1/s1. The number of hydrogen-bond acceptors (Lipinski definition) is 4. The van der Waals surface area contributed by atoms with Crippen molar-refractivity contribution in [1.82, 2.24) is 5.32 Å². The van der Waals surface area contributed by atoms with Gasteiger partial charge in [0.05, 0.1) is 32.0 Å².